The van der Waals surface area contributed by atoms with Crippen LogP contribution in [0.5, 0.6) is 0 Å². The number of benzene rings is 1. The second-order valence-corrected chi connectivity index (χ2v) is 5.68. The summed E-state index contributed by atoms with van der Waals surface area (Å²) in [6.07, 6.45) is 0.105. The molecular weight excluding hydrogens is 302 g/mol. The van der Waals surface area contributed by atoms with E-state index in [1.54, 1.807) is 29.6 Å². The number of nitrogens with one attached hydrogen (secondary N) is 1. The average molecular weight is 319 g/mol. The van der Waals surface area contributed by atoms with Gasteiger partial charge < -0.3 is 15.6 Å². The smallest absolute Gasteiger partial charge is 0.307 e. The van der Waals surface area contributed by atoms with E-state index in [2.05, 4.69) is 5.32 Å². The molecule has 0 spiro atoms. The van der Waals surface area contributed by atoms with E-state index in [4.69, 9.17) is 5.73 Å². The molecule has 2 aromatic rings. The Morgan fingerprint density at radius 2 is 2.00 bits per heavy atom. The van der Waals surface area contributed by atoms with Crippen LogP contribution in [0.2, 0.25) is 0 Å². The number of hydrogen-bond donors (Lipinski definition) is 2. The number of carbonyl (C=O) groups is 2. The Kier molecular flexibility index (Phi) is 5.11. The van der Waals surface area contributed by atoms with E-state index in [0.717, 1.165) is 17.0 Å². The first-order valence-electron chi connectivity index (χ1n) is 6.77. The molecule has 2 amide bonds. The number of aromatic nitrogens is 1. The van der Waals surface area contributed by atoms with Crippen molar-refractivity contribution in [3.05, 3.63) is 56.6 Å². The first kappa shape index (κ1) is 16.0. The van der Waals surface area contributed by atoms with Crippen LogP contribution < -0.4 is 15.9 Å². The summed E-state index contributed by atoms with van der Waals surface area (Å²) in [7, 11) is 0. The summed E-state index contributed by atoms with van der Waals surface area (Å²) < 4.78 is 1.53. The first-order valence-corrected chi connectivity index (χ1v) is 7.65. The molecule has 1 unspecified atom stereocenters. The molecule has 0 bridgehead atoms. The van der Waals surface area contributed by atoms with Crippen LogP contribution in [0.3, 0.4) is 0 Å². The van der Waals surface area contributed by atoms with Crippen LogP contribution in [0, 0.1) is 6.92 Å². The maximum atomic E-state index is 12.0. The minimum absolute atomic E-state index is 0.0974. The molecule has 2 rings (SSSR count). The third-order valence-electron chi connectivity index (χ3n) is 3.26. The number of carbonyl (C=O) groups excluding carboxylic acids is 2. The van der Waals surface area contributed by atoms with Gasteiger partial charge in [-0.3, -0.25) is 14.4 Å². The molecule has 0 aliphatic carbocycles. The van der Waals surface area contributed by atoms with Crippen molar-refractivity contribution in [3.8, 4) is 0 Å². The number of rotatable bonds is 6. The third-order valence-corrected chi connectivity index (χ3v) is 4.14. The fraction of sp³-hybridized carbons (Fsp3) is 0.267. The molecule has 1 heterocycles. The van der Waals surface area contributed by atoms with Crippen LogP contribution in [0.25, 0.3) is 0 Å². The van der Waals surface area contributed by atoms with E-state index >= 15 is 0 Å². The van der Waals surface area contributed by atoms with Crippen LogP contribution in [-0.2, 0) is 16.1 Å². The summed E-state index contributed by atoms with van der Waals surface area (Å²) in [5.41, 5.74) is 6.80. The highest BCUT2D eigenvalue weighted by atomic mass is 32.1. The van der Waals surface area contributed by atoms with Crippen molar-refractivity contribution in [3.63, 3.8) is 0 Å². The molecule has 22 heavy (non-hydrogen) atoms. The van der Waals surface area contributed by atoms with Gasteiger partial charge in [0.1, 0.15) is 6.04 Å². The first-order chi connectivity index (χ1) is 10.5. The van der Waals surface area contributed by atoms with Crippen molar-refractivity contribution in [1.82, 2.24) is 9.88 Å². The summed E-state index contributed by atoms with van der Waals surface area (Å²) in [4.78, 5) is 35.0. The van der Waals surface area contributed by atoms with Gasteiger partial charge in [-0.25, -0.2) is 0 Å². The molecule has 0 radical (unpaired) electrons. The van der Waals surface area contributed by atoms with Crippen molar-refractivity contribution >= 4 is 23.2 Å². The molecule has 1 aromatic carbocycles. The summed E-state index contributed by atoms with van der Waals surface area (Å²) in [6.45, 7) is 2.09. The predicted octanol–water partition coefficient (Wildman–Crippen LogP) is 0.951. The molecule has 0 aliphatic rings. The highest BCUT2D eigenvalue weighted by molar-refractivity contribution is 7.07. The van der Waals surface area contributed by atoms with Crippen LogP contribution in [0.15, 0.2) is 40.5 Å². The van der Waals surface area contributed by atoms with Gasteiger partial charge in [0.25, 0.3) is 0 Å². The van der Waals surface area contributed by atoms with Gasteiger partial charge in [0.15, 0.2) is 0 Å². The zero-order chi connectivity index (χ0) is 16.1. The summed E-state index contributed by atoms with van der Waals surface area (Å²) in [6, 6.07) is 7.94. The number of nitrogens with zero attached hydrogens (tertiary/aromatic N) is 1. The quantitative estimate of drug-likeness (QED) is 0.830. The molecule has 7 heteroatoms. The summed E-state index contributed by atoms with van der Waals surface area (Å²) in [5.74, 6) is -0.950. The second-order valence-electron chi connectivity index (χ2n) is 4.86. The zero-order valence-corrected chi connectivity index (χ0v) is 12.9. The maximum Gasteiger partial charge on any atom is 0.307 e. The number of amides is 2. The Labute approximate surface area is 131 Å². The highest BCUT2D eigenvalue weighted by Gasteiger charge is 2.19. The Morgan fingerprint density at radius 1 is 1.32 bits per heavy atom. The molecule has 116 valence electrons. The van der Waals surface area contributed by atoms with Gasteiger partial charge in [-0.1, -0.05) is 41.7 Å². The van der Waals surface area contributed by atoms with Crippen molar-refractivity contribution in [2.24, 2.45) is 5.73 Å². The molecule has 6 nitrogen and oxygen atoms in total. The van der Waals surface area contributed by atoms with Crippen molar-refractivity contribution < 1.29 is 9.59 Å². The molecule has 1 atom stereocenters. The predicted molar refractivity (Wildman–Crippen MR) is 84.5 cm³/mol. The van der Waals surface area contributed by atoms with E-state index in [-0.39, 0.29) is 23.7 Å². The Balaban J connectivity index is 2.01. The Morgan fingerprint density at radius 3 is 2.55 bits per heavy atom. The standard InChI is InChI=1S/C15H17N3O3S/c1-10-9-22-15(21)18(10)8-7-12(19)17-13(14(16)20)11-5-3-2-4-6-11/h2-6,9,13H,7-8H2,1H3,(H2,16,20)(H,17,19). The SMILES string of the molecule is Cc1csc(=O)n1CCC(=O)NC(C(N)=O)c1ccccc1. The monoisotopic (exact) mass is 319 g/mol. The fourth-order valence-corrected chi connectivity index (χ4v) is 2.85. The van der Waals surface area contributed by atoms with E-state index in [1.165, 1.54) is 4.57 Å². The van der Waals surface area contributed by atoms with Crippen molar-refractivity contribution in [2.75, 3.05) is 0 Å². The van der Waals surface area contributed by atoms with Gasteiger partial charge in [0.2, 0.25) is 11.8 Å². The lowest BCUT2D eigenvalue weighted by atomic mass is 10.1. The molecular formula is C15H17N3O3S. The van der Waals surface area contributed by atoms with Crippen molar-refractivity contribution in [2.45, 2.75) is 25.9 Å². The number of aryl methyl sites for hydroxylation is 1. The van der Waals surface area contributed by atoms with E-state index in [9.17, 15) is 14.4 Å². The van der Waals surface area contributed by atoms with Gasteiger partial charge in [-0.15, -0.1) is 0 Å². The lowest BCUT2D eigenvalue weighted by Gasteiger charge is -2.16. The number of nitrogens with two attached hydrogens (primary N) is 1. The molecule has 0 fully saturated rings. The lowest BCUT2D eigenvalue weighted by molar-refractivity contribution is -0.127. The molecule has 0 saturated carbocycles. The third kappa shape index (κ3) is 3.82. The summed E-state index contributed by atoms with van der Waals surface area (Å²) in [5, 5.41) is 4.36. The topological polar surface area (TPSA) is 94.2 Å². The zero-order valence-electron chi connectivity index (χ0n) is 12.1. The van der Waals surface area contributed by atoms with Crippen LogP contribution in [0.1, 0.15) is 23.7 Å². The van der Waals surface area contributed by atoms with Crippen LogP contribution in [0.4, 0.5) is 0 Å². The average Bonchev–Trinajstić information content (AvgIpc) is 2.82. The molecule has 3 N–H and O–H groups in total. The molecule has 0 aliphatic heterocycles. The van der Waals surface area contributed by atoms with Crippen LogP contribution >= 0.6 is 11.3 Å². The van der Waals surface area contributed by atoms with Crippen LogP contribution in [-0.4, -0.2) is 16.4 Å². The number of thiazole rings is 1. The normalized spacial score (nSPS) is 11.9. The maximum absolute atomic E-state index is 12.0. The minimum Gasteiger partial charge on any atom is -0.368 e. The number of primary amides is 1. The second kappa shape index (κ2) is 7.04. The largest absolute Gasteiger partial charge is 0.368 e. The minimum atomic E-state index is -0.867. The van der Waals surface area contributed by atoms with E-state index in [0.29, 0.717) is 5.56 Å². The molecule has 0 saturated heterocycles. The lowest BCUT2D eigenvalue weighted by Crippen LogP contribution is -2.38. The number of hydrogen-bond acceptors (Lipinski definition) is 4. The van der Waals surface area contributed by atoms with Gasteiger partial charge in [0.05, 0.1) is 0 Å². The van der Waals surface area contributed by atoms with Crippen molar-refractivity contribution in [1.29, 1.82) is 0 Å². The Bertz CT molecular complexity index is 721. The Hall–Kier alpha value is -2.41. The van der Waals surface area contributed by atoms with E-state index in [1.807, 2.05) is 13.0 Å². The highest BCUT2D eigenvalue weighted by Crippen LogP contribution is 2.12. The van der Waals surface area contributed by atoms with Gasteiger partial charge in [-0.2, -0.15) is 0 Å². The molecule has 1 aromatic heterocycles. The fourth-order valence-electron chi connectivity index (χ4n) is 2.09. The van der Waals surface area contributed by atoms with Gasteiger partial charge in [0, 0.05) is 24.0 Å². The van der Waals surface area contributed by atoms with E-state index < -0.39 is 11.9 Å². The van der Waals surface area contributed by atoms with Gasteiger partial charge in [-0.05, 0) is 12.5 Å². The summed E-state index contributed by atoms with van der Waals surface area (Å²) >= 11 is 1.10. The van der Waals surface area contributed by atoms with Gasteiger partial charge >= 0.3 is 4.87 Å².